The van der Waals surface area contributed by atoms with Gasteiger partial charge in [-0.25, -0.2) is 0 Å². The Morgan fingerprint density at radius 1 is 0.944 bits per heavy atom. The molecule has 0 radical (unpaired) electrons. The topological polar surface area (TPSA) is 12.0 Å². The minimum atomic E-state index is 0.0699. The lowest BCUT2D eigenvalue weighted by molar-refractivity contribution is 0.557. The van der Waals surface area contributed by atoms with Crippen molar-refractivity contribution in [1.29, 1.82) is 0 Å². The number of para-hydroxylation sites is 1. The van der Waals surface area contributed by atoms with Crippen LogP contribution in [0.1, 0.15) is 19.4 Å². The summed E-state index contributed by atoms with van der Waals surface area (Å²) < 4.78 is 0. The second-order valence-electron chi connectivity index (χ2n) is 5.08. The van der Waals surface area contributed by atoms with Crippen molar-refractivity contribution >= 4 is 17.3 Å². The van der Waals surface area contributed by atoms with E-state index in [1.165, 1.54) is 5.56 Å². The van der Waals surface area contributed by atoms with Gasteiger partial charge in [-0.05, 0) is 17.7 Å². The predicted octanol–water partition coefficient (Wildman–Crippen LogP) is 4.73. The molecule has 0 aliphatic carbocycles. The molecule has 0 atom stereocenters. The van der Waals surface area contributed by atoms with Crippen molar-refractivity contribution < 1.29 is 0 Å². The third-order valence-electron chi connectivity index (χ3n) is 3.15. The number of hydrogen-bond donors (Lipinski definition) is 1. The smallest absolute Gasteiger partial charge is 0.0637 e. The molecule has 2 aromatic carbocycles. The maximum atomic E-state index is 6.14. The summed E-state index contributed by atoms with van der Waals surface area (Å²) in [7, 11) is 0. The molecule has 0 bridgehead atoms. The molecule has 2 aromatic rings. The molecule has 2 heteroatoms. The number of anilines is 1. The summed E-state index contributed by atoms with van der Waals surface area (Å²) in [5.74, 6) is 0. The minimum absolute atomic E-state index is 0.0699. The zero-order valence-corrected chi connectivity index (χ0v) is 11.5. The van der Waals surface area contributed by atoms with E-state index in [1.54, 1.807) is 0 Å². The summed E-state index contributed by atoms with van der Waals surface area (Å²) in [5.41, 5.74) is 2.38. The van der Waals surface area contributed by atoms with Gasteiger partial charge in [0.25, 0.3) is 0 Å². The van der Waals surface area contributed by atoms with E-state index in [-0.39, 0.29) is 5.41 Å². The lowest BCUT2D eigenvalue weighted by Crippen LogP contribution is -2.27. The Balaban J connectivity index is 2.08. The van der Waals surface area contributed by atoms with E-state index in [1.807, 2.05) is 30.3 Å². The van der Waals surface area contributed by atoms with Gasteiger partial charge in [-0.2, -0.15) is 0 Å². The van der Waals surface area contributed by atoms with Crippen molar-refractivity contribution in [2.24, 2.45) is 0 Å². The molecular formula is C16H18ClN. The zero-order valence-electron chi connectivity index (χ0n) is 10.8. The van der Waals surface area contributed by atoms with Crippen LogP contribution in [0.3, 0.4) is 0 Å². The summed E-state index contributed by atoms with van der Waals surface area (Å²) in [5, 5.41) is 4.18. The first-order valence-corrected chi connectivity index (χ1v) is 6.51. The summed E-state index contributed by atoms with van der Waals surface area (Å²) in [6, 6.07) is 18.4. The van der Waals surface area contributed by atoms with Crippen LogP contribution < -0.4 is 5.32 Å². The molecule has 18 heavy (non-hydrogen) atoms. The first-order chi connectivity index (χ1) is 8.59. The van der Waals surface area contributed by atoms with Gasteiger partial charge < -0.3 is 5.32 Å². The SMILES string of the molecule is CC(C)(CNc1ccccc1Cl)c1ccccc1. The third kappa shape index (κ3) is 3.05. The van der Waals surface area contributed by atoms with Crippen molar-refractivity contribution in [3.05, 3.63) is 65.2 Å². The third-order valence-corrected chi connectivity index (χ3v) is 3.48. The zero-order chi connectivity index (χ0) is 13.0. The highest BCUT2D eigenvalue weighted by Gasteiger charge is 2.20. The van der Waals surface area contributed by atoms with Gasteiger partial charge in [0.15, 0.2) is 0 Å². The van der Waals surface area contributed by atoms with Crippen LogP contribution in [0.15, 0.2) is 54.6 Å². The molecule has 0 aliphatic heterocycles. The fourth-order valence-electron chi connectivity index (χ4n) is 1.91. The molecule has 0 aromatic heterocycles. The monoisotopic (exact) mass is 259 g/mol. The van der Waals surface area contributed by atoms with Gasteiger partial charge in [0.1, 0.15) is 0 Å². The van der Waals surface area contributed by atoms with Gasteiger partial charge in [0.05, 0.1) is 10.7 Å². The average molecular weight is 260 g/mol. The van der Waals surface area contributed by atoms with Crippen LogP contribution in [-0.2, 0) is 5.41 Å². The van der Waals surface area contributed by atoms with Crippen LogP contribution >= 0.6 is 11.6 Å². The second kappa shape index (κ2) is 5.45. The molecule has 1 nitrogen and oxygen atoms in total. The molecule has 0 saturated carbocycles. The molecule has 0 saturated heterocycles. The van der Waals surface area contributed by atoms with E-state index < -0.39 is 0 Å². The molecule has 0 fully saturated rings. The van der Waals surface area contributed by atoms with Crippen molar-refractivity contribution in [2.75, 3.05) is 11.9 Å². The van der Waals surface area contributed by atoms with Crippen LogP contribution in [0.2, 0.25) is 5.02 Å². The fraction of sp³-hybridized carbons (Fsp3) is 0.250. The van der Waals surface area contributed by atoms with Gasteiger partial charge in [-0.3, -0.25) is 0 Å². The van der Waals surface area contributed by atoms with Crippen LogP contribution in [0.25, 0.3) is 0 Å². The van der Waals surface area contributed by atoms with Crippen LogP contribution in [0.4, 0.5) is 5.69 Å². The van der Waals surface area contributed by atoms with Crippen LogP contribution in [-0.4, -0.2) is 6.54 Å². The summed E-state index contributed by atoms with van der Waals surface area (Å²) in [6.45, 7) is 5.30. The maximum absolute atomic E-state index is 6.14. The largest absolute Gasteiger partial charge is 0.383 e. The normalized spacial score (nSPS) is 11.3. The predicted molar refractivity (Wildman–Crippen MR) is 79.4 cm³/mol. The first-order valence-electron chi connectivity index (χ1n) is 6.13. The number of nitrogens with one attached hydrogen (secondary N) is 1. The molecule has 0 unspecified atom stereocenters. The van der Waals surface area contributed by atoms with Crippen LogP contribution in [0.5, 0.6) is 0 Å². The quantitative estimate of drug-likeness (QED) is 0.837. The van der Waals surface area contributed by atoms with Gasteiger partial charge in [-0.15, -0.1) is 0 Å². The van der Waals surface area contributed by atoms with Gasteiger partial charge in [-0.1, -0.05) is 67.9 Å². The second-order valence-corrected chi connectivity index (χ2v) is 5.49. The average Bonchev–Trinajstić information content (AvgIpc) is 2.39. The highest BCUT2D eigenvalue weighted by atomic mass is 35.5. The molecular weight excluding hydrogens is 242 g/mol. The van der Waals surface area contributed by atoms with Crippen molar-refractivity contribution in [1.82, 2.24) is 0 Å². The highest BCUT2D eigenvalue weighted by Crippen LogP contribution is 2.26. The van der Waals surface area contributed by atoms with E-state index in [0.717, 1.165) is 17.3 Å². The molecule has 0 heterocycles. The number of halogens is 1. The molecule has 0 amide bonds. The number of rotatable bonds is 4. The Hall–Kier alpha value is -1.47. The highest BCUT2D eigenvalue weighted by molar-refractivity contribution is 6.33. The molecule has 0 aliphatic rings. The standard InChI is InChI=1S/C16H18ClN/c1-16(2,13-8-4-3-5-9-13)12-18-15-11-7-6-10-14(15)17/h3-11,18H,12H2,1-2H3. The number of benzene rings is 2. The van der Waals surface area contributed by atoms with E-state index in [2.05, 4.69) is 43.4 Å². The Morgan fingerprint density at radius 2 is 1.56 bits per heavy atom. The van der Waals surface area contributed by atoms with Crippen molar-refractivity contribution in [3.8, 4) is 0 Å². The van der Waals surface area contributed by atoms with Gasteiger partial charge >= 0.3 is 0 Å². The van der Waals surface area contributed by atoms with E-state index in [0.29, 0.717) is 0 Å². The Morgan fingerprint density at radius 3 is 2.22 bits per heavy atom. The lowest BCUT2D eigenvalue weighted by Gasteiger charge is -2.26. The molecule has 0 spiro atoms. The fourth-order valence-corrected chi connectivity index (χ4v) is 2.11. The van der Waals surface area contributed by atoms with Crippen molar-refractivity contribution in [3.63, 3.8) is 0 Å². The van der Waals surface area contributed by atoms with Crippen molar-refractivity contribution in [2.45, 2.75) is 19.3 Å². The Kier molecular flexibility index (Phi) is 3.93. The molecule has 2 rings (SSSR count). The van der Waals surface area contributed by atoms with E-state index in [9.17, 15) is 0 Å². The van der Waals surface area contributed by atoms with Crippen LogP contribution in [0, 0.1) is 0 Å². The molecule has 94 valence electrons. The van der Waals surface area contributed by atoms with Gasteiger partial charge in [0, 0.05) is 12.0 Å². The number of hydrogen-bond acceptors (Lipinski definition) is 1. The Labute approximate surface area is 114 Å². The summed E-state index contributed by atoms with van der Waals surface area (Å²) in [6.07, 6.45) is 0. The maximum Gasteiger partial charge on any atom is 0.0637 e. The molecule has 1 N–H and O–H groups in total. The van der Waals surface area contributed by atoms with E-state index in [4.69, 9.17) is 11.6 Å². The van der Waals surface area contributed by atoms with Gasteiger partial charge in [0.2, 0.25) is 0 Å². The summed E-state index contributed by atoms with van der Waals surface area (Å²) in [4.78, 5) is 0. The Bertz CT molecular complexity index is 506. The first kappa shape index (κ1) is 13.0. The summed E-state index contributed by atoms with van der Waals surface area (Å²) >= 11 is 6.14. The lowest BCUT2D eigenvalue weighted by atomic mass is 9.84. The minimum Gasteiger partial charge on any atom is -0.383 e. The van der Waals surface area contributed by atoms with E-state index >= 15 is 0 Å².